The van der Waals surface area contributed by atoms with Gasteiger partial charge in [-0.15, -0.1) is 0 Å². The Balaban J connectivity index is 2.02. The van der Waals surface area contributed by atoms with Crippen LogP contribution in [-0.2, 0) is 5.21 Å². The zero-order valence-electron chi connectivity index (χ0n) is 15.0. The van der Waals surface area contributed by atoms with Gasteiger partial charge < -0.3 is 0 Å². The van der Waals surface area contributed by atoms with Gasteiger partial charge in [0.15, 0.2) is 0 Å². The molecule has 2 aromatic carbocycles. The second-order valence-corrected chi connectivity index (χ2v) is 7.25. The van der Waals surface area contributed by atoms with E-state index in [1.165, 1.54) is 16.7 Å². The summed E-state index contributed by atoms with van der Waals surface area (Å²) in [4.78, 5) is 4.62. The van der Waals surface area contributed by atoms with Crippen molar-refractivity contribution in [3.63, 3.8) is 0 Å². The highest BCUT2D eigenvalue weighted by molar-refractivity contribution is 6.40. The van der Waals surface area contributed by atoms with E-state index in [1.807, 2.05) is 12.3 Å². The fourth-order valence-corrected chi connectivity index (χ4v) is 2.81. The molecule has 0 aliphatic carbocycles. The fraction of sp³-hybridized carbons (Fsp3) is 0.190. The van der Waals surface area contributed by atoms with E-state index in [-0.39, 0.29) is 5.21 Å². The van der Waals surface area contributed by atoms with Gasteiger partial charge in [0, 0.05) is 11.8 Å². The highest BCUT2D eigenvalue weighted by Crippen LogP contribution is 2.30. The molecule has 0 spiro atoms. The van der Waals surface area contributed by atoms with Crippen LogP contribution in [0.25, 0.3) is 22.4 Å². The Labute approximate surface area is 147 Å². The van der Waals surface area contributed by atoms with Crippen molar-refractivity contribution < 1.29 is 0 Å². The molecule has 1 heterocycles. The topological polar surface area (TPSA) is 12.9 Å². The van der Waals surface area contributed by atoms with Crippen molar-refractivity contribution in [2.75, 3.05) is 0 Å². The van der Waals surface area contributed by atoms with Crippen LogP contribution in [0.3, 0.4) is 0 Å². The summed E-state index contributed by atoms with van der Waals surface area (Å²) in [6.07, 6.45) is 1.93. The minimum absolute atomic E-state index is 0.134. The first kappa shape index (κ1) is 16.6. The summed E-state index contributed by atoms with van der Waals surface area (Å²) >= 11 is 0. The minimum Gasteiger partial charge on any atom is -0.256 e. The molecular weight excluding hydrogens is 288 g/mol. The molecule has 0 radical (unpaired) electrons. The van der Waals surface area contributed by atoms with E-state index in [0.29, 0.717) is 5.92 Å². The molecule has 0 unspecified atom stereocenters. The van der Waals surface area contributed by atoms with Crippen molar-refractivity contribution in [2.24, 2.45) is 5.92 Å². The van der Waals surface area contributed by atoms with Crippen LogP contribution in [0.4, 0.5) is 0 Å². The van der Waals surface area contributed by atoms with E-state index in [2.05, 4.69) is 95.2 Å². The van der Waals surface area contributed by atoms with Crippen molar-refractivity contribution >= 4 is 15.7 Å². The molecule has 0 aliphatic rings. The van der Waals surface area contributed by atoms with E-state index >= 15 is 0 Å². The van der Waals surface area contributed by atoms with Crippen molar-refractivity contribution in [3.05, 3.63) is 78.5 Å². The van der Waals surface area contributed by atoms with Crippen LogP contribution in [0.15, 0.2) is 72.9 Å². The highest BCUT2D eigenvalue weighted by Gasteiger charge is 2.25. The van der Waals surface area contributed by atoms with Gasteiger partial charge in [0.25, 0.3) is 0 Å². The molecule has 24 heavy (non-hydrogen) atoms. The first-order valence-electron chi connectivity index (χ1n) is 8.61. The average Bonchev–Trinajstić information content (AvgIpc) is 2.62. The third-order valence-electron chi connectivity index (χ3n) is 5.21. The molecule has 0 fully saturated rings. The Bertz CT molecular complexity index is 826. The van der Waals surface area contributed by atoms with Crippen LogP contribution in [0.2, 0.25) is 0 Å². The fourth-order valence-electron chi connectivity index (χ4n) is 2.81. The largest absolute Gasteiger partial charge is 0.256 e. The predicted molar refractivity (Wildman–Crippen MR) is 109 cm³/mol. The van der Waals surface area contributed by atoms with E-state index in [4.69, 9.17) is 0 Å². The number of benzene rings is 2. The molecule has 0 atom stereocenters. The summed E-state index contributed by atoms with van der Waals surface area (Å²) in [5.74, 6) is 0.573. The molecule has 0 saturated carbocycles. The lowest BCUT2D eigenvalue weighted by Crippen LogP contribution is -2.33. The quantitative estimate of drug-likeness (QED) is 0.672. The van der Waals surface area contributed by atoms with Crippen molar-refractivity contribution in [3.8, 4) is 22.4 Å². The Hall–Kier alpha value is -2.28. The highest BCUT2D eigenvalue weighted by atomic mass is 14.7. The molecule has 118 valence electrons. The zero-order chi connectivity index (χ0) is 17.2. The van der Waals surface area contributed by atoms with Crippen LogP contribution in [0.1, 0.15) is 19.4 Å². The lowest BCUT2D eigenvalue weighted by atomic mass is 9.46. The van der Waals surface area contributed by atoms with Crippen molar-refractivity contribution in [2.45, 2.75) is 19.1 Å². The summed E-state index contributed by atoms with van der Waals surface area (Å²) in [5, 5.41) is 0.134. The second kappa shape index (κ2) is 6.68. The van der Waals surface area contributed by atoms with Crippen LogP contribution in [-0.4, -0.2) is 20.7 Å². The second-order valence-electron chi connectivity index (χ2n) is 7.25. The molecule has 3 heteroatoms. The molecular formula is C21H23B2N. The molecule has 0 N–H and O–H groups in total. The SMILES string of the molecule is BC(B)(c1ccnc(-c2cccc(-c3ccccc3)c2)c1)C(C)C. The third kappa shape index (κ3) is 3.31. The molecule has 1 aromatic heterocycles. The normalized spacial score (nSPS) is 11.6. The first-order valence-corrected chi connectivity index (χ1v) is 8.61. The predicted octanol–water partition coefficient (Wildman–Crippen LogP) is 3.49. The van der Waals surface area contributed by atoms with Crippen molar-refractivity contribution in [1.82, 2.24) is 4.98 Å². The van der Waals surface area contributed by atoms with Gasteiger partial charge in [-0.1, -0.05) is 79.1 Å². The molecule has 0 bridgehead atoms. The summed E-state index contributed by atoms with van der Waals surface area (Å²) in [6, 6.07) is 23.5. The van der Waals surface area contributed by atoms with E-state index in [9.17, 15) is 0 Å². The van der Waals surface area contributed by atoms with Crippen LogP contribution in [0, 0.1) is 5.92 Å². The van der Waals surface area contributed by atoms with Gasteiger partial charge in [0.1, 0.15) is 15.7 Å². The van der Waals surface area contributed by atoms with E-state index in [1.54, 1.807) is 0 Å². The van der Waals surface area contributed by atoms with Gasteiger partial charge in [-0.05, 0) is 29.3 Å². The Morgan fingerprint density at radius 3 is 2.17 bits per heavy atom. The van der Waals surface area contributed by atoms with Crippen molar-refractivity contribution in [1.29, 1.82) is 0 Å². The Morgan fingerprint density at radius 2 is 1.46 bits per heavy atom. The number of hydrogen-bond donors (Lipinski definition) is 0. The molecule has 3 rings (SSSR count). The zero-order valence-corrected chi connectivity index (χ0v) is 15.0. The van der Waals surface area contributed by atoms with Crippen LogP contribution in [0.5, 0.6) is 0 Å². The van der Waals surface area contributed by atoms with E-state index < -0.39 is 0 Å². The summed E-state index contributed by atoms with van der Waals surface area (Å²) in [6.45, 7) is 4.55. The average molecular weight is 311 g/mol. The summed E-state index contributed by atoms with van der Waals surface area (Å²) in [7, 11) is 4.61. The number of nitrogens with zero attached hydrogens (tertiary/aromatic N) is 1. The standard InChI is InChI=1S/C21H23B2N/c1-15(2)21(22,23)19-11-12-24-20(14-19)18-10-6-9-17(13-18)16-7-4-3-5-8-16/h3-15H,22-23H2,1-2H3. The number of aromatic nitrogens is 1. The Kier molecular flexibility index (Phi) is 4.62. The van der Waals surface area contributed by atoms with Crippen LogP contribution >= 0.6 is 0 Å². The van der Waals surface area contributed by atoms with Crippen LogP contribution < -0.4 is 0 Å². The summed E-state index contributed by atoms with van der Waals surface area (Å²) < 4.78 is 0. The molecule has 1 nitrogen and oxygen atoms in total. The first-order chi connectivity index (χ1) is 11.5. The molecule has 3 aromatic rings. The molecule has 0 aliphatic heterocycles. The maximum atomic E-state index is 4.62. The van der Waals surface area contributed by atoms with Gasteiger partial charge in [-0.3, -0.25) is 4.98 Å². The van der Waals surface area contributed by atoms with E-state index in [0.717, 1.165) is 11.3 Å². The smallest absolute Gasteiger partial charge is 0.105 e. The third-order valence-corrected chi connectivity index (χ3v) is 5.21. The van der Waals surface area contributed by atoms with Gasteiger partial charge in [0.2, 0.25) is 0 Å². The lowest BCUT2D eigenvalue weighted by molar-refractivity contribution is 0.570. The number of hydrogen-bond acceptors (Lipinski definition) is 1. The van der Waals surface area contributed by atoms with Gasteiger partial charge in [0.05, 0.1) is 5.69 Å². The minimum atomic E-state index is 0.134. The molecule has 0 amide bonds. The number of rotatable bonds is 4. The lowest BCUT2D eigenvalue weighted by Gasteiger charge is -2.30. The Morgan fingerprint density at radius 1 is 0.792 bits per heavy atom. The molecule has 0 saturated heterocycles. The number of pyridine rings is 1. The summed E-state index contributed by atoms with van der Waals surface area (Å²) in [5.41, 5.74) is 6.01. The monoisotopic (exact) mass is 311 g/mol. The maximum Gasteiger partial charge on any atom is 0.105 e. The van der Waals surface area contributed by atoms with Gasteiger partial charge in [-0.2, -0.15) is 0 Å². The van der Waals surface area contributed by atoms with Gasteiger partial charge in [-0.25, -0.2) is 0 Å². The maximum absolute atomic E-state index is 4.62. The van der Waals surface area contributed by atoms with Gasteiger partial charge >= 0.3 is 0 Å².